The highest BCUT2D eigenvalue weighted by Gasteiger charge is 2.62. The van der Waals surface area contributed by atoms with Gasteiger partial charge in [0.25, 0.3) is 5.91 Å². The molecule has 7 rings (SSSR count). The summed E-state index contributed by atoms with van der Waals surface area (Å²) >= 11 is 0. The molecule has 0 spiro atoms. The minimum Gasteiger partial charge on any atom is -0.497 e. The number of pyridine rings is 1. The van der Waals surface area contributed by atoms with Crippen molar-refractivity contribution in [2.75, 3.05) is 20.3 Å². The van der Waals surface area contributed by atoms with E-state index in [0.717, 1.165) is 36.6 Å². The van der Waals surface area contributed by atoms with Crippen LogP contribution in [0.25, 0.3) is 22.2 Å². The van der Waals surface area contributed by atoms with Gasteiger partial charge in [0, 0.05) is 29.5 Å². The Labute approximate surface area is 285 Å². The Morgan fingerprint density at radius 3 is 2.57 bits per heavy atom. The number of aromatic nitrogens is 1. The van der Waals surface area contributed by atoms with Crippen LogP contribution in [0.1, 0.15) is 64.2 Å². The minimum atomic E-state index is -3.81. The van der Waals surface area contributed by atoms with Gasteiger partial charge in [0.2, 0.25) is 15.9 Å². The average Bonchev–Trinajstić information content (AvgIpc) is 4.02. The van der Waals surface area contributed by atoms with E-state index in [4.69, 9.17) is 19.2 Å². The second kappa shape index (κ2) is 13.5. The van der Waals surface area contributed by atoms with Crippen molar-refractivity contribution in [3.63, 3.8) is 0 Å². The van der Waals surface area contributed by atoms with Crippen LogP contribution >= 0.6 is 0 Å². The van der Waals surface area contributed by atoms with Crippen molar-refractivity contribution in [3.05, 3.63) is 54.6 Å². The molecule has 3 aromatic rings. The lowest BCUT2D eigenvalue weighted by molar-refractivity contribution is -0.131. The molecular formula is C36H42N4O8S. The normalized spacial score (nSPS) is 26.3. The highest BCUT2D eigenvalue weighted by molar-refractivity contribution is 7.91. The van der Waals surface area contributed by atoms with Gasteiger partial charge in [-0.1, -0.05) is 56.0 Å². The van der Waals surface area contributed by atoms with Crippen LogP contribution in [-0.2, 0) is 24.3 Å². The zero-order chi connectivity index (χ0) is 34.2. The molecule has 0 radical (unpaired) electrons. The fourth-order valence-electron chi connectivity index (χ4n) is 7.09. The van der Waals surface area contributed by atoms with E-state index >= 15 is 0 Å². The molecule has 3 heterocycles. The van der Waals surface area contributed by atoms with Crippen LogP contribution in [0.4, 0.5) is 4.79 Å². The summed E-state index contributed by atoms with van der Waals surface area (Å²) in [6.45, 7) is 0.316. The zero-order valence-electron chi connectivity index (χ0n) is 27.6. The van der Waals surface area contributed by atoms with E-state index in [2.05, 4.69) is 10.0 Å². The van der Waals surface area contributed by atoms with Crippen LogP contribution < -0.4 is 19.5 Å². The first kappa shape index (κ1) is 33.1. The summed E-state index contributed by atoms with van der Waals surface area (Å²) in [5.74, 6) is -0.246. The highest BCUT2D eigenvalue weighted by Crippen LogP contribution is 2.48. The van der Waals surface area contributed by atoms with E-state index in [1.165, 1.54) is 4.90 Å². The maximum absolute atomic E-state index is 14.1. The molecule has 2 aromatic carbocycles. The molecule has 12 nitrogen and oxygen atoms in total. The smallest absolute Gasteiger partial charge is 0.410 e. The largest absolute Gasteiger partial charge is 0.497 e. The summed E-state index contributed by atoms with van der Waals surface area (Å²) in [6, 6.07) is 16.1. The first-order valence-corrected chi connectivity index (χ1v) is 18.7. The minimum absolute atomic E-state index is 0.0796. The third-order valence-electron chi connectivity index (χ3n) is 10.1. The lowest BCUT2D eigenvalue weighted by Gasteiger charge is -2.26. The summed E-state index contributed by atoms with van der Waals surface area (Å²) in [7, 11) is -2.22. The van der Waals surface area contributed by atoms with Gasteiger partial charge in [-0.25, -0.2) is 18.2 Å². The molecule has 0 unspecified atom stereocenters. The number of sulfonamides is 1. The number of hydrogen-bond acceptors (Lipinski definition) is 9. The van der Waals surface area contributed by atoms with Gasteiger partial charge in [-0.05, 0) is 50.2 Å². The molecule has 3 amide bonds. The predicted octanol–water partition coefficient (Wildman–Crippen LogP) is 4.71. The van der Waals surface area contributed by atoms with E-state index in [1.54, 1.807) is 7.11 Å². The lowest BCUT2D eigenvalue weighted by atomic mass is 10.0. The summed E-state index contributed by atoms with van der Waals surface area (Å²) in [5.41, 5.74) is 0.897. The van der Waals surface area contributed by atoms with Gasteiger partial charge in [0.15, 0.2) is 0 Å². The fraction of sp³-hybridized carbons (Fsp3) is 0.500. The molecule has 4 atom stereocenters. The molecule has 13 heteroatoms. The molecule has 2 saturated carbocycles. The molecule has 4 aliphatic rings. The fourth-order valence-corrected chi connectivity index (χ4v) is 8.45. The first-order chi connectivity index (χ1) is 23.7. The molecule has 1 aromatic heterocycles. The SMILES string of the molecule is COc1ccc2c(O[C@@H]3C[C@H]4C(=O)N[C@]5(C(=O)NS(=O)(=O)C6CC6)C[C@H]5CCCCCCCOC(=O)N4C3)cc(-c3ccccc3)nc2c1. The van der Waals surface area contributed by atoms with Crippen LogP contribution in [0.5, 0.6) is 11.5 Å². The number of carbonyl (C=O) groups excluding carboxylic acids is 3. The van der Waals surface area contributed by atoms with Crippen LogP contribution in [0, 0.1) is 5.92 Å². The second-order valence-electron chi connectivity index (χ2n) is 13.6. The number of nitrogens with one attached hydrogen (secondary N) is 2. The maximum Gasteiger partial charge on any atom is 0.410 e. The van der Waals surface area contributed by atoms with E-state index in [1.807, 2.05) is 54.6 Å². The number of cyclic esters (lactones) is 1. The monoisotopic (exact) mass is 690 g/mol. The first-order valence-electron chi connectivity index (χ1n) is 17.2. The summed E-state index contributed by atoms with van der Waals surface area (Å²) < 4.78 is 45.4. The van der Waals surface area contributed by atoms with Crippen LogP contribution in [0.2, 0.25) is 0 Å². The third-order valence-corrected chi connectivity index (χ3v) is 11.9. The van der Waals surface area contributed by atoms with Gasteiger partial charge in [0.05, 0.1) is 36.7 Å². The number of benzene rings is 2. The number of ether oxygens (including phenoxy) is 3. The number of fused-ring (bicyclic) bond motifs is 3. The Morgan fingerprint density at radius 1 is 1.02 bits per heavy atom. The quantitative estimate of drug-likeness (QED) is 0.359. The molecule has 49 heavy (non-hydrogen) atoms. The Balaban J connectivity index is 1.17. The lowest BCUT2D eigenvalue weighted by Crippen LogP contribution is -2.56. The Kier molecular flexibility index (Phi) is 9.12. The van der Waals surface area contributed by atoms with E-state index < -0.39 is 50.9 Å². The van der Waals surface area contributed by atoms with Crippen molar-refractivity contribution in [2.24, 2.45) is 5.92 Å². The van der Waals surface area contributed by atoms with Crippen LogP contribution in [-0.4, -0.2) is 79.4 Å². The van der Waals surface area contributed by atoms with Gasteiger partial charge in [-0.2, -0.15) is 0 Å². The molecule has 2 N–H and O–H groups in total. The highest BCUT2D eigenvalue weighted by atomic mass is 32.2. The van der Waals surface area contributed by atoms with Crippen LogP contribution in [0.3, 0.4) is 0 Å². The van der Waals surface area contributed by atoms with Gasteiger partial charge in [0.1, 0.15) is 29.2 Å². The van der Waals surface area contributed by atoms with Crippen molar-refractivity contribution in [3.8, 4) is 22.8 Å². The summed E-state index contributed by atoms with van der Waals surface area (Å²) in [6.07, 6.45) is 5.32. The predicted molar refractivity (Wildman–Crippen MR) is 181 cm³/mol. The molecule has 2 saturated heterocycles. The van der Waals surface area contributed by atoms with Gasteiger partial charge in [-0.15, -0.1) is 0 Å². The van der Waals surface area contributed by atoms with Crippen molar-refractivity contribution in [2.45, 2.75) is 87.1 Å². The molecular weight excluding hydrogens is 648 g/mol. The van der Waals surface area contributed by atoms with Gasteiger partial charge < -0.3 is 19.5 Å². The number of rotatable bonds is 7. The summed E-state index contributed by atoms with van der Waals surface area (Å²) in [4.78, 5) is 47.4. The summed E-state index contributed by atoms with van der Waals surface area (Å²) in [5, 5.41) is 3.09. The number of amides is 3. The van der Waals surface area contributed by atoms with E-state index in [0.29, 0.717) is 54.8 Å². The van der Waals surface area contributed by atoms with Crippen molar-refractivity contribution in [1.82, 2.24) is 19.9 Å². The standard InChI is InChI=1S/C36H42N4O8S/c1-46-25-13-16-28-30(18-25)37-29(23-10-6-5-7-11-23)20-32(28)48-26-19-31-33(41)38-36(34(42)39-49(44,45)27-14-15-27)21-24(36)12-8-3-2-4-9-17-47-35(43)40(31)22-26/h5-7,10-11,13,16,18,20,24,26-27,31H,2-4,8-9,12,14-15,17,19,21-22H2,1H3,(H,38,41)(H,39,42)/t24-,26-,31+,36-/m1/s1. The molecule has 260 valence electrons. The second-order valence-corrected chi connectivity index (χ2v) is 15.6. The van der Waals surface area contributed by atoms with E-state index in [-0.39, 0.29) is 25.5 Å². The topological polar surface area (TPSA) is 153 Å². The molecule has 4 fully saturated rings. The zero-order valence-corrected chi connectivity index (χ0v) is 28.4. The van der Waals surface area contributed by atoms with Crippen molar-refractivity contribution in [1.29, 1.82) is 0 Å². The van der Waals surface area contributed by atoms with Gasteiger partial charge in [-0.3, -0.25) is 19.2 Å². The maximum atomic E-state index is 14.1. The Bertz CT molecular complexity index is 1850. The number of hydrogen-bond donors (Lipinski definition) is 2. The molecule has 0 bridgehead atoms. The molecule has 2 aliphatic carbocycles. The Hall–Kier alpha value is -4.39. The van der Waals surface area contributed by atoms with E-state index in [9.17, 15) is 22.8 Å². The van der Waals surface area contributed by atoms with Crippen molar-refractivity contribution >= 4 is 38.8 Å². The number of carbonyl (C=O) groups is 3. The van der Waals surface area contributed by atoms with Crippen LogP contribution in [0.15, 0.2) is 54.6 Å². The van der Waals surface area contributed by atoms with Crippen molar-refractivity contribution < 1.29 is 37.0 Å². The number of methoxy groups -OCH3 is 1. The average molecular weight is 691 g/mol. The third kappa shape index (κ3) is 7.03. The van der Waals surface area contributed by atoms with Gasteiger partial charge >= 0.3 is 6.09 Å². The Morgan fingerprint density at radius 2 is 1.80 bits per heavy atom. The number of nitrogens with zero attached hydrogens (tertiary/aromatic N) is 2. The molecule has 2 aliphatic heterocycles.